The van der Waals surface area contributed by atoms with Gasteiger partial charge in [-0.15, -0.1) is 11.3 Å². The number of rotatable bonds is 2. The molecule has 0 unspecified atom stereocenters. The minimum Gasteiger partial charge on any atom is -0.497 e. The maximum Gasteiger partial charge on any atom is 0.141 e. The van der Waals surface area contributed by atoms with Crippen LogP contribution in [0.25, 0.3) is 10.2 Å². The summed E-state index contributed by atoms with van der Waals surface area (Å²) in [5.74, 6) is 1.95. The quantitative estimate of drug-likeness (QED) is 0.727. The Balaban J connectivity index is 1.73. The number of hydrogen-bond donors (Lipinski definition) is 0. The Morgan fingerprint density at radius 1 is 1.19 bits per heavy atom. The minimum absolute atomic E-state index is 0.870. The number of thiophene rings is 1. The lowest BCUT2D eigenvalue weighted by atomic mass is 9.99. The number of benzene rings is 1. The van der Waals surface area contributed by atoms with Gasteiger partial charge >= 0.3 is 0 Å². The van der Waals surface area contributed by atoms with Crippen LogP contribution in [0.2, 0.25) is 0 Å². The summed E-state index contributed by atoms with van der Waals surface area (Å²) in [6, 6.07) is 8.45. The third-order valence-corrected chi connectivity index (χ3v) is 4.79. The molecule has 1 aliphatic rings. The van der Waals surface area contributed by atoms with E-state index >= 15 is 0 Å². The lowest BCUT2D eigenvalue weighted by molar-refractivity contribution is 0.413. The van der Waals surface area contributed by atoms with Gasteiger partial charge < -0.3 is 9.64 Å². The van der Waals surface area contributed by atoms with E-state index in [4.69, 9.17) is 4.74 Å². The maximum absolute atomic E-state index is 5.34. The van der Waals surface area contributed by atoms with Gasteiger partial charge in [0.25, 0.3) is 0 Å². The van der Waals surface area contributed by atoms with Crippen molar-refractivity contribution < 1.29 is 4.74 Å². The largest absolute Gasteiger partial charge is 0.497 e. The number of anilines is 1. The lowest BCUT2D eigenvalue weighted by Crippen LogP contribution is -2.31. The van der Waals surface area contributed by atoms with Crippen molar-refractivity contribution in [1.29, 1.82) is 0 Å². The molecule has 0 saturated carbocycles. The topological polar surface area (TPSA) is 38.2 Å². The zero-order chi connectivity index (χ0) is 14.2. The first-order valence-electron chi connectivity index (χ1n) is 6.94. The van der Waals surface area contributed by atoms with Gasteiger partial charge in [-0.1, -0.05) is 6.07 Å². The molecule has 106 valence electrons. The van der Waals surface area contributed by atoms with Gasteiger partial charge in [0.05, 0.1) is 12.5 Å². The summed E-state index contributed by atoms with van der Waals surface area (Å²) >= 11 is 1.66. The van der Waals surface area contributed by atoms with Gasteiger partial charge in [0.15, 0.2) is 0 Å². The van der Waals surface area contributed by atoms with Crippen LogP contribution < -0.4 is 9.64 Å². The van der Waals surface area contributed by atoms with Gasteiger partial charge in [-0.25, -0.2) is 9.97 Å². The summed E-state index contributed by atoms with van der Waals surface area (Å²) in [4.78, 5) is 12.2. The van der Waals surface area contributed by atoms with Gasteiger partial charge in [0.1, 0.15) is 22.7 Å². The Morgan fingerprint density at radius 3 is 3.05 bits per heavy atom. The summed E-state index contributed by atoms with van der Waals surface area (Å²) in [6.45, 7) is 1.86. The Labute approximate surface area is 127 Å². The average molecular weight is 297 g/mol. The molecule has 0 saturated heterocycles. The lowest BCUT2D eigenvalue weighted by Gasteiger charge is -2.30. The van der Waals surface area contributed by atoms with Crippen molar-refractivity contribution in [1.82, 2.24) is 9.97 Å². The summed E-state index contributed by atoms with van der Waals surface area (Å²) < 4.78 is 5.34. The van der Waals surface area contributed by atoms with Crippen molar-refractivity contribution in [2.24, 2.45) is 0 Å². The number of ether oxygens (including phenoxy) is 1. The van der Waals surface area contributed by atoms with Crippen molar-refractivity contribution in [3.63, 3.8) is 0 Å². The molecule has 3 heterocycles. The minimum atomic E-state index is 0.870. The molecule has 0 N–H and O–H groups in total. The van der Waals surface area contributed by atoms with Crippen LogP contribution in [0.15, 0.2) is 36.0 Å². The summed E-state index contributed by atoms with van der Waals surface area (Å²) in [7, 11) is 1.71. The van der Waals surface area contributed by atoms with Gasteiger partial charge in [-0.05, 0) is 41.1 Å². The molecule has 4 nitrogen and oxygen atoms in total. The zero-order valence-electron chi connectivity index (χ0n) is 11.7. The van der Waals surface area contributed by atoms with E-state index in [9.17, 15) is 0 Å². The molecular formula is C16H15N3OS. The van der Waals surface area contributed by atoms with Crippen LogP contribution in [0.3, 0.4) is 0 Å². The van der Waals surface area contributed by atoms with E-state index in [1.807, 2.05) is 6.07 Å². The fourth-order valence-electron chi connectivity index (χ4n) is 2.87. The molecule has 21 heavy (non-hydrogen) atoms. The maximum atomic E-state index is 5.34. The molecule has 0 atom stereocenters. The van der Waals surface area contributed by atoms with Gasteiger partial charge in [-0.2, -0.15) is 0 Å². The average Bonchev–Trinajstić information content (AvgIpc) is 3.02. The fourth-order valence-corrected chi connectivity index (χ4v) is 3.60. The van der Waals surface area contributed by atoms with Crippen LogP contribution in [0.1, 0.15) is 11.1 Å². The Bertz CT molecular complexity index is 799. The molecule has 0 aliphatic carbocycles. The molecule has 0 fully saturated rings. The van der Waals surface area contributed by atoms with Crippen molar-refractivity contribution >= 4 is 27.4 Å². The van der Waals surface area contributed by atoms with E-state index in [0.29, 0.717) is 0 Å². The van der Waals surface area contributed by atoms with Crippen molar-refractivity contribution in [2.75, 3.05) is 18.6 Å². The highest BCUT2D eigenvalue weighted by Crippen LogP contribution is 2.31. The van der Waals surface area contributed by atoms with E-state index in [2.05, 4.69) is 38.4 Å². The molecule has 0 radical (unpaired) electrons. The van der Waals surface area contributed by atoms with Gasteiger partial charge in [0, 0.05) is 13.1 Å². The second kappa shape index (κ2) is 5.00. The Morgan fingerprint density at radius 2 is 2.14 bits per heavy atom. The summed E-state index contributed by atoms with van der Waals surface area (Å²) in [5.41, 5.74) is 2.73. The van der Waals surface area contributed by atoms with Crippen LogP contribution in [-0.2, 0) is 13.0 Å². The molecule has 1 aliphatic heterocycles. The van der Waals surface area contributed by atoms with E-state index < -0.39 is 0 Å². The molecule has 5 heteroatoms. The smallest absolute Gasteiger partial charge is 0.141 e. The predicted octanol–water partition coefficient (Wildman–Crippen LogP) is 3.26. The van der Waals surface area contributed by atoms with Gasteiger partial charge in [0.2, 0.25) is 0 Å². The molecule has 2 aromatic heterocycles. The SMILES string of the molecule is COc1ccc2c(c1)CN(c1ncnc3sccc13)CC2. The molecule has 0 spiro atoms. The van der Waals surface area contributed by atoms with E-state index in [0.717, 1.165) is 41.3 Å². The van der Waals surface area contributed by atoms with E-state index in [1.165, 1.54) is 11.1 Å². The van der Waals surface area contributed by atoms with Crippen LogP contribution in [0.4, 0.5) is 5.82 Å². The van der Waals surface area contributed by atoms with Crippen LogP contribution in [0.5, 0.6) is 5.75 Å². The number of methoxy groups -OCH3 is 1. The first-order chi connectivity index (χ1) is 10.3. The Kier molecular flexibility index (Phi) is 3.00. The highest BCUT2D eigenvalue weighted by atomic mass is 32.1. The van der Waals surface area contributed by atoms with Crippen molar-refractivity contribution in [3.8, 4) is 5.75 Å². The number of hydrogen-bond acceptors (Lipinski definition) is 5. The van der Waals surface area contributed by atoms with Crippen molar-refractivity contribution in [3.05, 3.63) is 47.1 Å². The first-order valence-corrected chi connectivity index (χ1v) is 7.82. The molecule has 3 aromatic rings. The third-order valence-electron chi connectivity index (χ3n) is 3.97. The number of fused-ring (bicyclic) bond motifs is 2. The first kappa shape index (κ1) is 12.6. The predicted molar refractivity (Wildman–Crippen MR) is 85.2 cm³/mol. The molecule has 1 aromatic carbocycles. The second-order valence-electron chi connectivity index (χ2n) is 5.14. The zero-order valence-corrected chi connectivity index (χ0v) is 12.6. The van der Waals surface area contributed by atoms with Crippen LogP contribution in [-0.4, -0.2) is 23.6 Å². The van der Waals surface area contributed by atoms with Crippen LogP contribution in [0, 0.1) is 0 Å². The number of aromatic nitrogens is 2. The molecule has 0 amide bonds. The molecule has 0 bridgehead atoms. The fraction of sp³-hybridized carbons (Fsp3) is 0.250. The van der Waals surface area contributed by atoms with Crippen LogP contribution >= 0.6 is 11.3 Å². The van der Waals surface area contributed by atoms with E-state index in [-0.39, 0.29) is 0 Å². The molecule has 4 rings (SSSR count). The summed E-state index contributed by atoms with van der Waals surface area (Å²) in [6.07, 6.45) is 2.70. The highest BCUT2D eigenvalue weighted by Gasteiger charge is 2.20. The standard InChI is InChI=1S/C16H15N3OS/c1-20-13-3-2-11-4-6-19(9-12(11)8-13)15-14-5-7-21-16(14)18-10-17-15/h2-3,5,7-8,10H,4,6,9H2,1H3. The third kappa shape index (κ3) is 2.14. The van der Waals surface area contributed by atoms with E-state index in [1.54, 1.807) is 24.8 Å². The monoisotopic (exact) mass is 297 g/mol. The summed E-state index contributed by atoms with van der Waals surface area (Å²) in [5, 5.41) is 3.22. The van der Waals surface area contributed by atoms with Crippen molar-refractivity contribution in [2.45, 2.75) is 13.0 Å². The molecular weight excluding hydrogens is 282 g/mol. The van der Waals surface area contributed by atoms with Gasteiger partial charge in [-0.3, -0.25) is 0 Å². The Hall–Kier alpha value is -2.14. The number of nitrogens with zero attached hydrogens (tertiary/aromatic N) is 3. The second-order valence-corrected chi connectivity index (χ2v) is 6.04. The highest BCUT2D eigenvalue weighted by molar-refractivity contribution is 7.16. The normalized spacial score (nSPS) is 14.2.